The molecule has 8 heteroatoms. The number of nitrogens with one attached hydrogen (secondary N) is 1. The van der Waals surface area contributed by atoms with E-state index in [1.54, 1.807) is 23.9 Å². The monoisotopic (exact) mass is 424 g/mol. The quantitative estimate of drug-likeness (QED) is 0.586. The molecule has 0 unspecified atom stereocenters. The van der Waals surface area contributed by atoms with Gasteiger partial charge in [0.15, 0.2) is 17.5 Å². The minimum absolute atomic E-state index is 0.319. The normalized spacial score (nSPS) is 10.7. The summed E-state index contributed by atoms with van der Waals surface area (Å²) in [5.41, 5.74) is 1.06. The van der Waals surface area contributed by atoms with Gasteiger partial charge in [-0.3, -0.25) is 9.59 Å². The molecule has 0 bridgehead atoms. The summed E-state index contributed by atoms with van der Waals surface area (Å²) in [7, 11) is 0. The highest BCUT2D eigenvalue weighted by Crippen LogP contribution is 2.20. The Balaban J connectivity index is 2.07. The molecule has 2 amide bonds. The van der Waals surface area contributed by atoms with Crippen molar-refractivity contribution in [3.8, 4) is 0 Å². The number of thioether (sulfide) groups is 1. The Kier molecular flexibility index (Phi) is 8.57. The van der Waals surface area contributed by atoms with Gasteiger partial charge in [0.2, 0.25) is 5.91 Å². The Morgan fingerprint density at radius 1 is 1.00 bits per heavy atom. The number of halogens is 3. The SMILES string of the molecule is CCCN(CC(=O)Nc1ccc(F)c(F)c1F)C(=O)c1ccc(CSCC)cc1. The summed E-state index contributed by atoms with van der Waals surface area (Å²) in [6, 6.07) is 8.83. The van der Waals surface area contributed by atoms with E-state index in [4.69, 9.17) is 0 Å². The van der Waals surface area contributed by atoms with E-state index in [9.17, 15) is 22.8 Å². The fraction of sp³-hybridized carbons (Fsp3) is 0.333. The van der Waals surface area contributed by atoms with Crippen LogP contribution in [0.3, 0.4) is 0 Å². The van der Waals surface area contributed by atoms with Crippen LogP contribution in [-0.4, -0.2) is 35.6 Å². The molecule has 0 heterocycles. The number of amides is 2. The maximum absolute atomic E-state index is 13.7. The first-order valence-electron chi connectivity index (χ1n) is 9.26. The molecule has 0 aromatic heterocycles. The van der Waals surface area contributed by atoms with Crippen LogP contribution in [0, 0.1) is 17.5 Å². The van der Waals surface area contributed by atoms with E-state index in [0.717, 1.165) is 29.2 Å². The largest absolute Gasteiger partial charge is 0.329 e. The molecule has 2 aromatic carbocycles. The maximum Gasteiger partial charge on any atom is 0.254 e. The molecule has 0 aliphatic heterocycles. The van der Waals surface area contributed by atoms with E-state index in [1.165, 1.54) is 4.90 Å². The number of rotatable bonds is 9. The zero-order valence-corrected chi connectivity index (χ0v) is 17.1. The van der Waals surface area contributed by atoms with Crippen molar-refractivity contribution in [3.63, 3.8) is 0 Å². The molecule has 1 N–H and O–H groups in total. The lowest BCUT2D eigenvalue weighted by atomic mass is 10.1. The third-order valence-electron chi connectivity index (χ3n) is 4.10. The van der Waals surface area contributed by atoms with Crippen LogP contribution < -0.4 is 5.32 Å². The lowest BCUT2D eigenvalue weighted by Gasteiger charge is -2.22. The summed E-state index contributed by atoms with van der Waals surface area (Å²) in [6.07, 6.45) is 0.615. The average Bonchev–Trinajstić information content (AvgIpc) is 2.72. The highest BCUT2D eigenvalue weighted by molar-refractivity contribution is 7.98. The molecule has 2 aromatic rings. The van der Waals surface area contributed by atoms with Gasteiger partial charge in [0.1, 0.15) is 6.54 Å². The van der Waals surface area contributed by atoms with Crippen molar-refractivity contribution >= 4 is 29.3 Å². The van der Waals surface area contributed by atoms with Gasteiger partial charge >= 0.3 is 0 Å². The molecule has 0 saturated carbocycles. The van der Waals surface area contributed by atoms with Gasteiger partial charge in [0, 0.05) is 17.9 Å². The van der Waals surface area contributed by atoms with E-state index in [-0.39, 0.29) is 12.5 Å². The lowest BCUT2D eigenvalue weighted by Crippen LogP contribution is -2.38. The zero-order chi connectivity index (χ0) is 21.4. The predicted molar refractivity (Wildman–Crippen MR) is 109 cm³/mol. The number of benzene rings is 2. The van der Waals surface area contributed by atoms with Crippen molar-refractivity contribution in [2.45, 2.75) is 26.0 Å². The van der Waals surface area contributed by atoms with Gasteiger partial charge in [0.05, 0.1) is 5.69 Å². The van der Waals surface area contributed by atoms with Crippen LogP contribution in [0.4, 0.5) is 18.9 Å². The molecule has 4 nitrogen and oxygen atoms in total. The van der Waals surface area contributed by atoms with Crippen LogP contribution in [0.2, 0.25) is 0 Å². The Labute approximate surface area is 172 Å². The molecule has 0 aliphatic carbocycles. The Hall–Kier alpha value is -2.48. The second kappa shape index (κ2) is 10.9. The van der Waals surface area contributed by atoms with Crippen molar-refractivity contribution in [2.75, 3.05) is 24.2 Å². The highest BCUT2D eigenvalue weighted by atomic mass is 32.2. The number of carbonyl (C=O) groups excluding carboxylic acids is 2. The molecular formula is C21H23F3N2O2S. The van der Waals surface area contributed by atoms with Crippen LogP contribution in [0.1, 0.15) is 36.2 Å². The molecule has 0 fully saturated rings. The molecule has 0 aliphatic rings. The fourth-order valence-electron chi connectivity index (χ4n) is 2.65. The van der Waals surface area contributed by atoms with Gasteiger partial charge in [-0.15, -0.1) is 0 Å². The van der Waals surface area contributed by atoms with Gasteiger partial charge < -0.3 is 10.2 Å². The van der Waals surface area contributed by atoms with Crippen LogP contribution >= 0.6 is 11.8 Å². The zero-order valence-electron chi connectivity index (χ0n) is 16.3. The highest BCUT2D eigenvalue weighted by Gasteiger charge is 2.20. The van der Waals surface area contributed by atoms with Crippen molar-refractivity contribution < 1.29 is 22.8 Å². The van der Waals surface area contributed by atoms with Gasteiger partial charge in [-0.1, -0.05) is 26.0 Å². The molecular weight excluding hydrogens is 401 g/mol. The minimum atomic E-state index is -1.66. The number of carbonyl (C=O) groups is 2. The van der Waals surface area contributed by atoms with Crippen molar-refractivity contribution in [1.82, 2.24) is 4.90 Å². The number of nitrogens with zero attached hydrogens (tertiary/aromatic N) is 1. The van der Waals surface area contributed by atoms with Gasteiger partial charge in [-0.25, -0.2) is 13.2 Å². The number of hydrogen-bond donors (Lipinski definition) is 1. The second-order valence-corrected chi connectivity index (χ2v) is 7.61. The summed E-state index contributed by atoms with van der Waals surface area (Å²) in [4.78, 5) is 26.4. The summed E-state index contributed by atoms with van der Waals surface area (Å²) in [5, 5.41) is 2.19. The summed E-state index contributed by atoms with van der Waals surface area (Å²) >= 11 is 1.77. The summed E-state index contributed by atoms with van der Waals surface area (Å²) < 4.78 is 40.1. The lowest BCUT2D eigenvalue weighted by molar-refractivity contribution is -0.116. The number of hydrogen-bond acceptors (Lipinski definition) is 3. The standard InChI is InChI=1S/C21H23F3N2O2S/c1-3-11-26(21(28)15-7-5-14(6-8-15)13-29-4-2)12-18(27)25-17-10-9-16(22)19(23)20(17)24/h5-10H,3-4,11-13H2,1-2H3,(H,25,27). The van der Waals surface area contributed by atoms with Crippen LogP contribution in [-0.2, 0) is 10.5 Å². The Morgan fingerprint density at radius 2 is 1.69 bits per heavy atom. The van der Waals surface area contributed by atoms with Gasteiger partial charge in [-0.05, 0) is 42.0 Å². The van der Waals surface area contributed by atoms with E-state index >= 15 is 0 Å². The predicted octanol–water partition coefficient (Wildman–Crippen LogP) is 4.85. The molecule has 0 atom stereocenters. The Bertz CT molecular complexity index is 860. The first-order valence-corrected chi connectivity index (χ1v) is 10.4. The third kappa shape index (κ3) is 6.25. The number of anilines is 1. The first kappa shape index (κ1) is 22.8. The Morgan fingerprint density at radius 3 is 2.31 bits per heavy atom. The van der Waals surface area contributed by atoms with Crippen molar-refractivity contribution in [2.24, 2.45) is 0 Å². The van der Waals surface area contributed by atoms with Crippen molar-refractivity contribution in [3.05, 3.63) is 65.0 Å². The third-order valence-corrected chi connectivity index (χ3v) is 5.04. The van der Waals surface area contributed by atoms with Crippen LogP contribution in [0.25, 0.3) is 0 Å². The van der Waals surface area contributed by atoms with E-state index in [1.807, 2.05) is 19.1 Å². The molecule has 29 heavy (non-hydrogen) atoms. The average molecular weight is 424 g/mol. The smallest absolute Gasteiger partial charge is 0.254 e. The van der Waals surface area contributed by atoms with Gasteiger partial charge in [-0.2, -0.15) is 11.8 Å². The van der Waals surface area contributed by atoms with E-state index < -0.39 is 29.0 Å². The second-order valence-electron chi connectivity index (χ2n) is 6.33. The van der Waals surface area contributed by atoms with Crippen molar-refractivity contribution in [1.29, 1.82) is 0 Å². The van der Waals surface area contributed by atoms with Crippen LogP contribution in [0.15, 0.2) is 36.4 Å². The fourth-order valence-corrected chi connectivity index (χ4v) is 3.29. The topological polar surface area (TPSA) is 49.4 Å². The molecule has 0 radical (unpaired) electrons. The van der Waals surface area contributed by atoms with E-state index in [2.05, 4.69) is 12.2 Å². The first-order chi connectivity index (χ1) is 13.9. The molecule has 156 valence electrons. The summed E-state index contributed by atoms with van der Waals surface area (Å²) in [5.74, 6) is -3.66. The van der Waals surface area contributed by atoms with Crippen LogP contribution in [0.5, 0.6) is 0 Å². The van der Waals surface area contributed by atoms with Gasteiger partial charge in [0.25, 0.3) is 5.91 Å². The molecule has 2 rings (SSSR count). The maximum atomic E-state index is 13.7. The van der Waals surface area contributed by atoms with E-state index in [0.29, 0.717) is 18.5 Å². The summed E-state index contributed by atoms with van der Waals surface area (Å²) in [6.45, 7) is 3.92. The molecule has 0 spiro atoms. The minimum Gasteiger partial charge on any atom is -0.329 e. The molecule has 0 saturated heterocycles.